The average molecular weight is 715 g/mol. The molecule has 0 spiro atoms. The van der Waals surface area contributed by atoms with Gasteiger partial charge in [0.05, 0.1) is 0 Å². The molecule has 6 atom stereocenters. The van der Waals surface area contributed by atoms with Crippen molar-refractivity contribution >= 4 is 17.4 Å². The highest BCUT2D eigenvalue weighted by molar-refractivity contribution is 6.16. The summed E-state index contributed by atoms with van der Waals surface area (Å²) in [6.45, 7) is 0.962. The summed E-state index contributed by atoms with van der Waals surface area (Å²) in [6.07, 6.45) is 49.6. The Labute approximate surface area is 323 Å². The third-order valence-electron chi connectivity index (χ3n) is 13.4. The monoisotopic (exact) mass is 714 g/mol. The van der Waals surface area contributed by atoms with Gasteiger partial charge in [-0.25, -0.2) is 9.98 Å². The predicted octanol–water partition coefficient (Wildman–Crippen LogP) is 11.9. The number of aliphatic imine (C=N–C) groups is 3. The van der Waals surface area contributed by atoms with Crippen LogP contribution in [0.2, 0.25) is 0 Å². The smallest absolute Gasteiger partial charge is 0.147 e. The molecule has 8 aliphatic rings. The molecule has 9 rings (SSSR count). The van der Waals surface area contributed by atoms with Crippen LogP contribution in [0, 0.1) is 23.7 Å². The van der Waals surface area contributed by atoms with Crippen molar-refractivity contribution in [1.29, 1.82) is 0 Å². The van der Waals surface area contributed by atoms with E-state index in [4.69, 9.17) is 15.0 Å². The van der Waals surface area contributed by atoms with Crippen molar-refractivity contribution in [3.05, 3.63) is 142 Å². The summed E-state index contributed by atoms with van der Waals surface area (Å²) in [6, 6.07) is 9.16. The van der Waals surface area contributed by atoms with Gasteiger partial charge in [0.2, 0.25) is 0 Å². The first-order valence-electron chi connectivity index (χ1n) is 21.5. The number of rotatable bonds is 8. The summed E-state index contributed by atoms with van der Waals surface area (Å²) < 4.78 is 0. The van der Waals surface area contributed by atoms with Gasteiger partial charge in [0, 0.05) is 35.6 Å². The Kier molecular flexibility index (Phi) is 10.9. The van der Waals surface area contributed by atoms with Gasteiger partial charge in [-0.2, -0.15) is 0 Å². The van der Waals surface area contributed by atoms with Gasteiger partial charge >= 0.3 is 0 Å². The van der Waals surface area contributed by atoms with E-state index in [1.165, 1.54) is 85.8 Å². The number of amidine groups is 2. The van der Waals surface area contributed by atoms with Crippen LogP contribution in [0.3, 0.4) is 0 Å². The quantitative estimate of drug-likeness (QED) is 0.268. The van der Waals surface area contributed by atoms with E-state index in [1.54, 1.807) is 11.1 Å². The zero-order valence-corrected chi connectivity index (χ0v) is 32.1. The lowest BCUT2D eigenvalue weighted by molar-refractivity contribution is 0.284. The Morgan fingerprint density at radius 2 is 1.46 bits per heavy atom. The van der Waals surface area contributed by atoms with Gasteiger partial charge in [-0.3, -0.25) is 4.99 Å². The largest absolute Gasteiger partial charge is 0.325 e. The molecular weight excluding hydrogens is 657 g/mol. The molecule has 0 fully saturated rings. The van der Waals surface area contributed by atoms with Crippen molar-refractivity contribution in [3.63, 3.8) is 0 Å². The molecule has 6 unspecified atom stereocenters. The van der Waals surface area contributed by atoms with Crippen LogP contribution in [0.25, 0.3) is 0 Å². The third-order valence-corrected chi connectivity index (χ3v) is 13.4. The van der Waals surface area contributed by atoms with Gasteiger partial charge in [0.15, 0.2) is 0 Å². The molecule has 6 aliphatic carbocycles. The van der Waals surface area contributed by atoms with E-state index in [-0.39, 0.29) is 6.17 Å². The second kappa shape index (κ2) is 16.6. The molecule has 0 saturated heterocycles. The minimum atomic E-state index is -0.111. The molecule has 2 heterocycles. The molecular formula is C50H58N4. The highest BCUT2D eigenvalue weighted by atomic mass is 15.2. The Morgan fingerprint density at radius 3 is 2.22 bits per heavy atom. The second-order valence-electron chi connectivity index (χ2n) is 16.9. The molecule has 2 aliphatic heterocycles. The molecule has 0 bridgehead atoms. The molecule has 4 heteroatoms. The number of nitrogens with zero attached hydrogens (tertiary/aromatic N) is 3. The van der Waals surface area contributed by atoms with Crippen LogP contribution in [0.5, 0.6) is 0 Å². The Morgan fingerprint density at radius 1 is 0.611 bits per heavy atom. The summed E-state index contributed by atoms with van der Waals surface area (Å²) in [7, 11) is 0. The number of hydrogen-bond donors (Lipinski definition) is 1. The first-order chi connectivity index (χ1) is 26.7. The normalized spacial score (nSPS) is 31.2. The first kappa shape index (κ1) is 35.4. The van der Waals surface area contributed by atoms with E-state index in [0.717, 1.165) is 68.7 Å². The van der Waals surface area contributed by atoms with Crippen molar-refractivity contribution in [2.24, 2.45) is 38.6 Å². The molecule has 0 amide bonds. The molecule has 0 radical (unpaired) electrons. The van der Waals surface area contributed by atoms with Gasteiger partial charge in [-0.05, 0) is 142 Å². The van der Waals surface area contributed by atoms with Crippen molar-refractivity contribution in [1.82, 2.24) is 5.32 Å². The van der Waals surface area contributed by atoms with Gasteiger partial charge < -0.3 is 5.32 Å². The van der Waals surface area contributed by atoms with Crippen LogP contribution < -0.4 is 5.32 Å². The topological polar surface area (TPSA) is 49.1 Å². The van der Waals surface area contributed by atoms with Crippen molar-refractivity contribution in [2.45, 2.75) is 115 Å². The molecule has 0 aromatic heterocycles. The van der Waals surface area contributed by atoms with Crippen molar-refractivity contribution in [2.75, 3.05) is 6.54 Å². The van der Waals surface area contributed by atoms with E-state index in [1.807, 2.05) is 0 Å². The van der Waals surface area contributed by atoms with E-state index in [2.05, 4.69) is 109 Å². The predicted molar refractivity (Wildman–Crippen MR) is 227 cm³/mol. The maximum atomic E-state index is 5.51. The summed E-state index contributed by atoms with van der Waals surface area (Å²) in [4.78, 5) is 16.4. The first-order valence-corrected chi connectivity index (χ1v) is 21.5. The van der Waals surface area contributed by atoms with Crippen LogP contribution in [0.4, 0.5) is 0 Å². The minimum absolute atomic E-state index is 0.111. The standard InChI is InChI=1S/C50H58N4/c1-5-14-35(15-6-1)38-24-28-41(29-25-38)48-52-49(42-30-26-39(27-31-42)36-16-7-2-8-17-36)54-50(53-48)44-23-13-22-43(32-44)46-33-45(37-18-9-3-10-19-37)34-51-47(46)40-20-11-4-12-21-40/h1,4-6,11,13-14,16,18,20,22,24-26,28-30,35,43-46,50H,2-3,7-10,12,15,17,19,21,23,27,31-34H2,(H,52,53,54). The molecule has 54 heavy (non-hydrogen) atoms. The average Bonchev–Trinajstić information content (AvgIpc) is 3.27. The van der Waals surface area contributed by atoms with Crippen LogP contribution in [-0.2, 0) is 0 Å². The lowest BCUT2D eigenvalue weighted by Crippen LogP contribution is -2.41. The van der Waals surface area contributed by atoms with Crippen LogP contribution >= 0.6 is 0 Å². The van der Waals surface area contributed by atoms with E-state index >= 15 is 0 Å². The fourth-order valence-corrected chi connectivity index (χ4v) is 10.3. The van der Waals surface area contributed by atoms with Gasteiger partial charge in [0.1, 0.15) is 17.8 Å². The fourth-order valence-electron chi connectivity index (χ4n) is 10.3. The Balaban J connectivity index is 1.01. The maximum absolute atomic E-state index is 5.51. The molecule has 1 N–H and O–H groups in total. The van der Waals surface area contributed by atoms with Crippen molar-refractivity contribution in [3.8, 4) is 0 Å². The molecule has 278 valence electrons. The van der Waals surface area contributed by atoms with Crippen LogP contribution in [0.15, 0.2) is 146 Å². The van der Waals surface area contributed by atoms with Crippen molar-refractivity contribution < 1.29 is 0 Å². The maximum Gasteiger partial charge on any atom is 0.147 e. The molecule has 4 nitrogen and oxygen atoms in total. The van der Waals surface area contributed by atoms with E-state index in [9.17, 15) is 0 Å². The number of benzene rings is 1. The Bertz CT molecular complexity index is 1950. The minimum Gasteiger partial charge on any atom is -0.325 e. The van der Waals surface area contributed by atoms with Crippen LogP contribution in [0.1, 0.15) is 120 Å². The zero-order chi connectivity index (χ0) is 36.1. The SMILES string of the molecule is C1=CCCC(C2=NCC(C3=CCCCC3)CC2C2C=CCC(C3N=C(C4=CC=C(C5=CCCCC5)CC4)NC(c4ccc(C5C=CC=CC5)cc4)=N3)C2)=C1. The molecule has 1 aromatic carbocycles. The summed E-state index contributed by atoms with van der Waals surface area (Å²) in [5.74, 6) is 4.28. The number of allylic oxidation sites excluding steroid dienone is 16. The molecule has 1 aromatic rings. The fraction of sp³-hybridized carbons (Fsp3) is 0.460. The second-order valence-corrected chi connectivity index (χ2v) is 16.9. The lowest BCUT2D eigenvalue weighted by atomic mass is 9.68. The number of nitrogens with one attached hydrogen (secondary N) is 1. The van der Waals surface area contributed by atoms with Crippen LogP contribution in [-0.4, -0.2) is 30.1 Å². The summed E-state index contributed by atoms with van der Waals surface area (Å²) in [5.41, 5.74) is 11.5. The van der Waals surface area contributed by atoms with Gasteiger partial charge in [-0.1, -0.05) is 109 Å². The van der Waals surface area contributed by atoms with E-state index < -0.39 is 0 Å². The Hall–Kier alpha value is -4.31. The highest BCUT2D eigenvalue weighted by Crippen LogP contribution is 2.43. The summed E-state index contributed by atoms with van der Waals surface area (Å²) in [5, 5.41) is 3.77. The zero-order valence-electron chi connectivity index (χ0n) is 32.1. The van der Waals surface area contributed by atoms with Gasteiger partial charge in [0.25, 0.3) is 0 Å². The number of hydrogen-bond acceptors (Lipinski definition) is 4. The lowest BCUT2D eigenvalue weighted by Gasteiger charge is -2.39. The third kappa shape index (κ3) is 7.90. The van der Waals surface area contributed by atoms with Gasteiger partial charge in [-0.15, -0.1) is 0 Å². The molecule has 0 saturated carbocycles. The summed E-state index contributed by atoms with van der Waals surface area (Å²) >= 11 is 0. The highest BCUT2D eigenvalue weighted by Gasteiger charge is 2.38. The van der Waals surface area contributed by atoms with E-state index in [0.29, 0.717) is 29.6 Å².